The van der Waals surface area contributed by atoms with Gasteiger partial charge >= 0.3 is 7.12 Å². The number of ether oxygens (including phenoxy) is 1. The molecule has 6 heteroatoms. The van der Waals surface area contributed by atoms with Gasteiger partial charge in [-0.15, -0.1) is 0 Å². The second-order valence-corrected chi connectivity index (χ2v) is 5.72. The van der Waals surface area contributed by atoms with Crippen LogP contribution >= 0.6 is 0 Å². The van der Waals surface area contributed by atoms with Crippen LogP contribution in [0.15, 0.2) is 42.5 Å². The molecule has 118 valence electrons. The van der Waals surface area contributed by atoms with Crippen molar-refractivity contribution in [2.24, 2.45) is 0 Å². The van der Waals surface area contributed by atoms with E-state index >= 15 is 0 Å². The first-order valence-electron chi connectivity index (χ1n) is 7.53. The number of anilines is 1. The van der Waals surface area contributed by atoms with Crippen molar-refractivity contribution in [3.63, 3.8) is 0 Å². The van der Waals surface area contributed by atoms with Crippen molar-refractivity contribution in [3.8, 4) is 5.75 Å². The summed E-state index contributed by atoms with van der Waals surface area (Å²) in [7, 11) is -0.922. The first-order valence-corrected chi connectivity index (χ1v) is 7.53. The Bertz CT molecular complexity index is 715. The third-order valence-corrected chi connectivity index (χ3v) is 3.55. The lowest BCUT2D eigenvalue weighted by Gasteiger charge is -2.10. The molecule has 2 aromatic carbocycles. The Morgan fingerprint density at radius 3 is 2.70 bits per heavy atom. The van der Waals surface area contributed by atoms with Gasteiger partial charge in [0.15, 0.2) is 0 Å². The summed E-state index contributed by atoms with van der Waals surface area (Å²) >= 11 is 0. The average molecular weight is 311 g/mol. The molecular formula is C17H18BNO4. The van der Waals surface area contributed by atoms with Gasteiger partial charge in [0.1, 0.15) is 5.75 Å². The van der Waals surface area contributed by atoms with E-state index < -0.39 is 7.12 Å². The molecule has 0 aromatic heterocycles. The minimum absolute atomic E-state index is 0.0923. The Kier molecular flexibility index (Phi) is 4.36. The van der Waals surface area contributed by atoms with E-state index in [9.17, 15) is 9.82 Å². The van der Waals surface area contributed by atoms with Crippen molar-refractivity contribution < 1.29 is 19.2 Å². The number of rotatable bonds is 4. The van der Waals surface area contributed by atoms with Crippen molar-refractivity contribution >= 4 is 24.2 Å². The molecule has 0 saturated heterocycles. The molecule has 3 rings (SSSR count). The fourth-order valence-electron chi connectivity index (χ4n) is 2.45. The fraction of sp³-hybridized carbons (Fsp3) is 0.235. The van der Waals surface area contributed by atoms with Crippen LogP contribution in [0.2, 0.25) is 0 Å². The Hall–Kier alpha value is -2.31. The van der Waals surface area contributed by atoms with Gasteiger partial charge in [0.2, 0.25) is 0 Å². The van der Waals surface area contributed by atoms with Gasteiger partial charge < -0.3 is 19.7 Å². The zero-order valence-electron chi connectivity index (χ0n) is 13.1. The van der Waals surface area contributed by atoms with Crippen molar-refractivity contribution in [3.05, 3.63) is 53.6 Å². The second-order valence-electron chi connectivity index (χ2n) is 5.72. The zero-order chi connectivity index (χ0) is 16.4. The summed E-state index contributed by atoms with van der Waals surface area (Å²) in [5, 5.41) is 12.5. The van der Waals surface area contributed by atoms with Crippen molar-refractivity contribution in [2.75, 3.05) is 5.32 Å². The summed E-state index contributed by atoms with van der Waals surface area (Å²) < 4.78 is 10.7. The number of nitrogens with one attached hydrogen (secondary N) is 1. The smallest absolute Gasteiger partial charge is 0.491 e. The van der Waals surface area contributed by atoms with Crippen LogP contribution in [-0.2, 0) is 11.3 Å². The van der Waals surface area contributed by atoms with Crippen molar-refractivity contribution in [1.82, 2.24) is 0 Å². The van der Waals surface area contributed by atoms with E-state index in [0.717, 1.165) is 11.3 Å². The van der Waals surface area contributed by atoms with Crippen LogP contribution in [0.5, 0.6) is 5.75 Å². The molecule has 0 fully saturated rings. The summed E-state index contributed by atoms with van der Waals surface area (Å²) in [6.45, 7) is 4.29. The van der Waals surface area contributed by atoms with Gasteiger partial charge in [-0.05, 0) is 61.3 Å². The highest BCUT2D eigenvalue weighted by atomic mass is 16.5. The third kappa shape index (κ3) is 3.55. The topological polar surface area (TPSA) is 67.8 Å². The lowest BCUT2D eigenvalue weighted by molar-refractivity contribution is 0.102. The summed E-state index contributed by atoms with van der Waals surface area (Å²) in [4.78, 5) is 12.3. The minimum Gasteiger partial charge on any atom is -0.491 e. The number of benzene rings is 2. The van der Waals surface area contributed by atoms with E-state index in [1.54, 1.807) is 36.4 Å². The lowest BCUT2D eigenvalue weighted by atomic mass is 9.79. The van der Waals surface area contributed by atoms with E-state index in [0.29, 0.717) is 23.3 Å². The van der Waals surface area contributed by atoms with E-state index in [4.69, 9.17) is 9.39 Å². The van der Waals surface area contributed by atoms with Crippen LogP contribution < -0.4 is 15.5 Å². The van der Waals surface area contributed by atoms with Gasteiger partial charge in [0.05, 0.1) is 12.7 Å². The predicted molar refractivity (Wildman–Crippen MR) is 89.0 cm³/mol. The van der Waals surface area contributed by atoms with E-state index in [-0.39, 0.29) is 12.0 Å². The Balaban J connectivity index is 1.71. The maximum absolute atomic E-state index is 12.3. The highest BCUT2D eigenvalue weighted by Gasteiger charge is 2.27. The van der Waals surface area contributed by atoms with Gasteiger partial charge in [-0.2, -0.15) is 0 Å². The highest BCUT2D eigenvalue weighted by Crippen LogP contribution is 2.17. The van der Waals surface area contributed by atoms with Crippen LogP contribution in [-0.4, -0.2) is 24.2 Å². The third-order valence-electron chi connectivity index (χ3n) is 3.55. The molecule has 2 N–H and O–H groups in total. The number of carbonyl (C=O) groups is 1. The zero-order valence-corrected chi connectivity index (χ0v) is 13.1. The maximum atomic E-state index is 12.3. The number of amides is 1. The van der Waals surface area contributed by atoms with Crippen LogP contribution in [0.3, 0.4) is 0 Å². The Morgan fingerprint density at radius 2 is 2.00 bits per heavy atom. The van der Waals surface area contributed by atoms with E-state index in [2.05, 4.69) is 5.32 Å². The molecular weight excluding hydrogens is 293 g/mol. The minimum atomic E-state index is -0.922. The normalized spacial score (nSPS) is 13.1. The largest absolute Gasteiger partial charge is 0.491 e. The second kappa shape index (κ2) is 6.44. The molecule has 1 aliphatic heterocycles. The Labute approximate surface area is 135 Å². The summed E-state index contributed by atoms with van der Waals surface area (Å²) in [6.07, 6.45) is 0.0923. The molecule has 5 nitrogen and oxygen atoms in total. The number of hydrogen-bond acceptors (Lipinski definition) is 4. The molecule has 1 heterocycles. The summed E-state index contributed by atoms with van der Waals surface area (Å²) in [5.41, 5.74) is 2.80. The van der Waals surface area contributed by atoms with Gasteiger partial charge in [-0.25, -0.2) is 0 Å². The van der Waals surface area contributed by atoms with Gasteiger partial charge in [0.25, 0.3) is 5.91 Å². The molecule has 0 bridgehead atoms. The average Bonchev–Trinajstić information content (AvgIpc) is 2.88. The molecule has 0 atom stereocenters. The summed E-state index contributed by atoms with van der Waals surface area (Å²) in [6, 6.07) is 12.4. The van der Waals surface area contributed by atoms with Crippen molar-refractivity contribution in [2.45, 2.75) is 26.6 Å². The van der Waals surface area contributed by atoms with Crippen molar-refractivity contribution in [1.29, 1.82) is 0 Å². The lowest BCUT2D eigenvalue weighted by Crippen LogP contribution is -2.28. The first-order chi connectivity index (χ1) is 11.0. The molecule has 0 radical (unpaired) electrons. The molecule has 0 spiro atoms. The molecule has 0 aliphatic carbocycles. The van der Waals surface area contributed by atoms with Crippen LogP contribution in [0.1, 0.15) is 29.8 Å². The van der Waals surface area contributed by atoms with Crippen LogP contribution in [0, 0.1) is 0 Å². The quantitative estimate of drug-likeness (QED) is 0.847. The van der Waals surface area contributed by atoms with Gasteiger partial charge in [0, 0.05) is 11.3 Å². The maximum Gasteiger partial charge on any atom is 0.491 e. The number of hydrogen-bond donors (Lipinski definition) is 2. The van der Waals surface area contributed by atoms with E-state index in [1.807, 2.05) is 19.9 Å². The SMILES string of the molecule is CC(C)Oc1ccc(C(=O)Nc2ccc3c(c2)B(O)OC3)cc1. The predicted octanol–water partition coefficient (Wildman–Crippen LogP) is 1.94. The standard InChI is InChI=1S/C17H18BNO4/c1-11(2)23-15-7-4-12(5-8-15)17(20)19-14-6-3-13-10-22-18(21)16(13)9-14/h3-9,11,21H,10H2,1-2H3,(H,19,20). The van der Waals surface area contributed by atoms with E-state index in [1.165, 1.54) is 0 Å². The van der Waals surface area contributed by atoms with Gasteiger partial charge in [-0.1, -0.05) is 6.07 Å². The number of fused-ring (bicyclic) bond motifs is 1. The summed E-state index contributed by atoms with van der Waals surface area (Å²) in [5.74, 6) is 0.517. The Morgan fingerprint density at radius 1 is 1.26 bits per heavy atom. The molecule has 1 aliphatic rings. The molecule has 23 heavy (non-hydrogen) atoms. The van der Waals surface area contributed by atoms with Crippen LogP contribution in [0.25, 0.3) is 0 Å². The highest BCUT2D eigenvalue weighted by molar-refractivity contribution is 6.61. The molecule has 2 aromatic rings. The van der Waals surface area contributed by atoms with Gasteiger partial charge in [-0.3, -0.25) is 4.79 Å². The molecule has 0 saturated carbocycles. The molecule has 0 unspecified atom stereocenters. The first kappa shape index (κ1) is 15.6. The monoisotopic (exact) mass is 311 g/mol. The fourth-order valence-corrected chi connectivity index (χ4v) is 2.45. The van der Waals surface area contributed by atoms with Crippen LogP contribution in [0.4, 0.5) is 5.69 Å². The number of carbonyl (C=O) groups excluding carboxylic acids is 1. The molecule has 1 amide bonds.